The van der Waals surface area contributed by atoms with Gasteiger partial charge in [0.05, 0.1) is 6.17 Å². The molecule has 2 aliphatic rings. The standard InChI is InChI=1S/C14H31N5/c1-10-6-11(15)7-12(16-10)17-19-8-13(2,3)18-14(4,5)9-19/h10-12,16-18H,6-9,15H2,1-5H3. The Kier molecular flexibility index (Phi) is 4.23. The van der Waals surface area contributed by atoms with Gasteiger partial charge in [-0.15, -0.1) is 0 Å². The Labute approximate surface area is 117 Å². The Morgan fingerprint density at radius 3 is 2.21 bits per heavy atom. The van der Waals surface area contributed by atoms with Crippen LogP contribution >= 0.6 is 0 Å². The highest BCUT2D eigenvalue weighted by Crippen LogP contribution is 2.20. The molecule has 2 aliphatic heterocycles. The summed E-state index contributed by atoms with van der Waals surface area (Å²) >= 11 is 0. The topological polar surface area (TPSA) is 65.3 Å². The number of nitrogens with one attached hydrogen (secondary N) is 3. The molecule has 5 N–H and O–H groups in total. The van der Waals surface area contributed by atoms with Gasteiger partial charge in [0, 0.05) is 36.3 Å². The summed E-state index contributed by atoms with van der Waals surface area (Å²) in [5, 5.41) is 9.63. The summed E-state index contributed by atoms with van der Waals surface area (Å²) in [5.41, 5.74) is 9.99. The molecule has 0 spiro atoms. The molecule has 5 nitrogen and oxygen atoms in total. The molecule has 112 valence electrons. The van der Waals surface area contributed by atoms with Crippen molar-refractivity contribution in [2.45, 2.75) is 76.8 Å². The molecule has 19 heavy (non-hydrogen) atoms. The zero-order valence-electron chi connectivity index (χ0n) is 13.1. The first-order chi connectivity index (χ1) is 8.65. The molecule has 0 bridgehead atoms. The zero-order chi connectivity index (χ0) is 14.3. The molecule has 2 fully saturated rings. The fourth-order valence-electron chi connectivity index (χ4n) is 3.74. The molecule has 0 amide bonds. The van der Waals surface area contributed by atoms with Crippen molar-refractivity contribution in [1.29, 1.82) is 0 Å². The minimum Gasteiger partial charge on any atom is -0.328 e. The van der Waals surface area contributed by atoms with Gasteiger partial charge in [-0.05, 0) is 47.5 Å². The lowest BCUT2D eigenvalue weighted by molar-refractivity contribution is 0.0145. The molecule has 3 atom stereocenters. The molecule has 0 aromatic carbocycles. The molecule has 0 aliphatic carbocycles. The third kappa shape index (κ3) is 4.39. The van der Waals surface area contributed by atoms with E-state index in [1.165, 1.54) is 0 Å². The SMILES string of the molecule is CC1CC(N)CC(NN2CC(C)(C)NC(C)(C)C2)N1. The molecule has 2 rings (SSSR count). The quantitative estimate of drug-likeness (QED) is 0.584. The van der Waals surface area contributed by atoms with Crippen molar-refractivity contribution in [1.82, 2.24) is 21.1 Å². The van der Waals surface area contributed by atoms with E-state index in [9.17, 15) is 0 Å². The van der Waals surface area contributed by atoms with Gasteiger partial charge in [-0.2, -0.15) is 0 Å². The lowest BCUT2D eigenvalue weighted by Gasteiger charge is -2.49. The largest absolute Gasteiger partial charge is 0.328 e. The Balaban J connectivity index is 1.94. The highest BCUT2D eigenvalue weighted by atomic mass is 15.6. The Morgan fingerprint density at radius 1 is 1.11 bits per heavy atom. The lowest BCUT2D eigenvalue weighted by atomic mass is 9.92. The van der Waals surface area contributed by atoms with E-state index < -0.39 is 0 Å². The van der Waals surface area contributed by atoms with Gasteiger partial charge in [0.15, 0.2) is 0 Å². The predicted octanol–water partition coefficient (Wildman–Crippen LogP) is 0.379. The molecule has 0 saturated carbocycles. The second-order valence-electron chi connectivity index (χ2n) is 7.73. The van der Waals surface area contributed by atoms with E-state index in [2.05, 4.69) is 55.7 Å². The maximum atomic E-state index is 6.12. The van der Waals surface area contributed by atoms with Gasteiger partial charge in [0.1, 0.15) is 0 Å². The van der Waals surface area contributed by atoms with Crippen LogP contribution in [0.4, 0.5) is 0 Å². The zero-order valence-corrected chi connectivity index (χ0v) is 13.1. The highest BCUT2D eigenvalue weighted by Gasteiger charge is 2.37. The lowest BCUT2D eigenvalue weighted by Crippen LogP contribution is -2.71. The summed E-state index contributed by atoms with van der Waals surface area (Å²) in [5.74, 6) is 0. The third-order valence-corrected chi connectivity index (χ3v) is 3.87. The van der Waals surface area contributed by atoms with Gasteiger partial charge < -0.3 is 11.1 Å². The normalized spacial score (nSPS) is 39.2. The van der Waals surface area contributed by atoms with E-state index in [0.29, 0.717) is 18.2 Å². The smallest absolute Gasteiger partial charge is 0.0723 e. The monoisotopic (exact) mass is 269 g/mol. The summed E-state index contributed by atoms with van der Waals surface area (Å²) in [7, 11) is 0. The fourth-order valence-corrected chi connectivity index (χ4v) is 3.74. The van der Waals surface area contributed by atoms with Crippen LogP contribution < -0.4 is 21.8 Å². The number of nitrogens with zero attached hydrogens (tertiary/aromatic N) is 1. The number of hydrogen-bond acceptors (Lipinski definition) is 5. The molecule has 3 unspecified atom stereocenters. The molecular weight excluding hydrogens is 238 g/mol. The second-order valence-corrected chi connectivity index (χ2v) is 7.73. The van der Waals surface area contributed by atoms with Gasteiger partial charge >= 0.3 is 0 Å². The van der Waals surface area contributed by atoms with Crippen LogP contribution in [-0.4, -0.2) is 47.4 Å². The van der Waals surface area contributed by atoms with Gasteiger partial charge in [-0.3, -0.25) is 5.32 Å². The van der Waals surface area contributed by atoms with Gasteiger partial charge in [-0.1, -0.05) is 0 Å². The number of nitrogens with two attached hydrogens (primary N) is 1. The summed E-state index contributed by atoms with van der Waals surface area (Å²) in [6.07, 6.45) is 2.36. The molecular formula is C14H31N5. The van der Waals surface area contributed by atoms with Crippen LogP contribution in [0.3, 0.4) is 0 Å². The second kappa shape index (κ2) is 5.30. The molecule has 0 radical (unpaired) electrons. The number of piperidine rings is 1. The average Bonchev–Trinajstić information content (AvgIpc) is 2.08. The van der Waals surface area contributed by atoms with Crippen molar-refractivity contribution in [2.24, 2.45) is 5.73 Å². The fraction of sp³-hybridized carbons (Fsp3) is 1.00. The van der Waals surface area contributed by atoms with Crippen LogP contribution in [0.1, 0.15) is 47.5 Å². The maximum Gasteiger partial charge on any atom is 0.0723 e. The van der Waals surface area contributed by atoms with E-state index in [0.717, 1.165) is 25.9 Å². The van der Waals surface area contributed by atoms with E-state index in [4.69, 9.17) is 5.73 Å². The first-order valence-corrected chi connectivity index (χ1v) is 7.47. The van der Waals surface area contributed by atoms with E-state index >= 15 is 0 Å². The number of hydrazine groups is 1. The van der Waals surface area contributed by atoms with Gasteiger partial charge in [0.25, 0.3) is 0 Å². The van der Waals surface area contributed by atoms with Crippen molar-refractivity contribution in [3.63, 3.8) is 0 Å². The van der Waals surface area contributed by atoms with Crippen LogP contribution in [0, 0.1) is 0 Å². The van der Waals surface area contributed by atoms with E-state index in [1.807, 2.05) is 0 Å². The first-order valence-electron chi connectivity index (χ1n) is 7.47. The first kappa shape index (κ1) is 15.2. The van der Waals surface area contributed by atoms with Crippen molar-refractivity contribution in [3.05, 3.63) is 0 Å². The van der Waals surface area contributed by atoms with Crippen LogP contribution in [0.2, 0.25) is 0 Å². The third-order valence-electron chi connectivity index (χ3n) is 3.87. The Morgan fingerprint density at radius 2 is 1.68 bits per heavy atom. The van der Waals surface area contributed by atoms with Crippen molar-refractivity contribution >= 4 is 0 Å². The van der Waals surface area contributed by atoms with Crippen LogP contribution in [0.25, 0.3) is 0 Å². The Hall–Kier alpha value is -0.200. The van der Waals surface area contributed by atoms with Crippen molar-refractivity contribution < 1.29 is 0 Å². The minimum atomic E-state index is 0.122. The van der Waals surface area contributed by atoms with Crippen LogP contribution in [0.15, 0.2) is 0 Å². The van der Waals surface area contributed by atoms with Crippen LogP contribution in [-0.2, 0) is 0 Å². The molecule has 0 aromatic rings. The summed E-state index contributed by atoms with van der Waals surface area (Å²) in [6, 6.07) is 0.794. The maximum absolute atomic E-state index is 6.12. The molecule has 2 saturated heterocycles. The Bertz CT molecular complexity index is 289. The molecule has 5 heteroatoms. The average molecular weight is 269 g/mol. The summed E-state index contributed by atoms with van der Waals surface area (Å²) in [4.78, 5) is 0. The van der Waals surface area contributed by atoms with E-state index in [1.54, 1.807) is 0 Å². The minimum absolute atomic E-state index is 0.122. The van der Waals surface area contributed by atoms with E-state index in [-0.39, 0.29) is 11.1 Å². The number of hydrogen-bond donors (Lipinski definition) is 4. The summed E-state index contributed by atoms with van der Waals surface area (Å²) in [6.45, 7) is 13.2. The molecule has 2 heterocycles. The van der Waals surface area contributed by atoms with Crippen molar-refractivity contribution in [3.8, 4) is 0 Å². The van der Waals surface area contributed by atoms with Crippen molar-refractivity contribution in [2.75, 3.05) is 13.1 Å². The highest BCUT2D eigenvalue weighted by molar-refractivity contribution is 4.97. The number of piperazine rings is 1. The van der Waals surface area contributed by atoms with Gasteiger partial charge in [0.2, 0.25) is 0 Å². The molecule has 0 aromatic heterocycles. The van der Waals surface area contributed by atoms with Crippen LogP contribution in [0.5, 0.6) is 0 Å². The summed E-state index contributed by atoms with van der Waals surface area (Å²) < 4.78 is 0. The van der Waals surface area contributed by atoms with Gasteiger partial charge in [-0.25, -0.2) is 10.4 Å². The number of rotatable bonds is 2. The predicted molar refractivity (Wildman–Crippen MR) is 79.6 cm³/mol.